The Kier molecular flexibility index (Phi) is 4.38. The van der Waals surface area contributed by atoms with Crippen LogP contribution >= 0.6 is 14.7 Å². The van der Waals surface area contributed by atoms with Gasteiger partial charge in [0.15, 0.2) is 0 Å². The van der Waals surface area contributed by atoms with Gasteiger partial charge in [0.25, 0.3) is 0 Å². The first-order chi connectivity index (χ1) is 3.18. The zero-order chi connectivity index (χ0) is 5.86. The third-order valence-electron chi connectivity index (χ3n) is 1.13. The molecule has 7 heavy (non-hydrogen) atoms. The summed E-state index contributed by atoms with van der Waals surface area (Å²) in [5.41, 5.74) is 0. The van der Waals surface area contributed by atoms with E-state index in [-0.39, 0.29) is 7.10 Å². The third kappa shape index (κ3) is 3.50. The Hall–Kier alpha value is 0.925. The fourth-order valence-corrected chi connectivity index (χ4v) is 2.43. The summed E-state index contributed by atoms with van der Waals surface area (Å²) in [6, 6.07) is 0. The Morgan fingerprint density at radius 1 is 1.71 bits per heavy atom. The van der Waals surface area contributed by atoms with Crippen LogP contribution in [0.15, 0.2) is 0 Å². The zero-order valence-electron chi connectivity index (χ0n) is 5.36. The van der Waals surface area contributed by atoms with E-state index in [0.29, 0.717) is 7.61 Å². The van der Waals surface area contributed by atoms with Crippen LogP contribution in [-0.4, -0.2) is 26.7 Å². The van der Waals surface area contributed by atoms with Gasteiger partial charge in [0.05, 0.1) is 0 Å². The van der Waals surface area contributed by atoms with E-state index in [9.17, 15) is 0 Å². The van der Waals surface area contributed by atoms with E-state index in [2.05, 4.69) is 27.4 Å². The molecule has 42 valence electrons. The monoisotopic (exact) mass is 134 g/mol. The van der Waals surface area contributed by atoms with Gasteiger partial charge in [-0.2, -0.15) is 0 Å². The summed E-state index contributed by atoms with van der Waals surface area (Å²) in [6.45, 7) is 6.89. The summed E-state index contributed by atoms with van der Waals surface area (Å²) in [5, 5.41) is 0. The van der Waals surface area contributed by atoms with Gasteiger partial charge in [0.2, 0.25) is 0 Å². The molecule has 0 bridgehead atoms. The van der Waals surface area contributed by atoms with Crippen molar-refractivity contribution in [3.63, 3.8) is 0 Å². The first-order valence-corrected chi connectivity index (χ1v) is 7.57. The molecule has 2 unspecified atom stereocenters. The topological polar surface area (TPSA) is 0 Å². The van der Waals surface area contributed by atoms with Crippen LogP contribution in [0.3, 0.4) is 0 Å². The predicted octanol–water partition coefficient (Wildman–Crippen LogP) is 1.69. The van der Waals surface area contributed by atoms with Crippen molar-refractivity contribution >= 4 is 21.9 Å². The normalized spacial score (nSPS) is 18.6. The molecule has 0 heterocycles. The second kappa shape index (κ2) is 3.87. The molecule has 0 aromatic carbocycles. The molecule has 0 N–H and O–H groups in total. The number of rotatable bonds is 2. The van der Waals surface area contributed by atoms with Crippen molar-refractivity contribution in [1.29, 1.82) is 0 Å². The van der Waals surface area contributed by atoms with E-state index in [4.69, 9.17) is 0 Å². The second-order valence-corrected chi connectivity index (χ2v) is 9.83. The molecule has 0 spiro atoms. The molecule has 0 aromatic heterocycles. The molecule has 0 saturated carbocycles. The van der Waals surface area contributed by atoms with E-state index < -0.39 is 0 Å². The number of hydrogen-bond acceptors (Lipinski definition) is 0. The van der Waals surface area contributed by atoms with Gasteiger partial charge in [0, 0.05) is 0 Å². The molecule has 2 atom stereocenters. The zero-order valence-corrected chi connectivity index (χ0v) is 7.26. The Bertz CT molecular complexity index is 72.1. The Labute approximate surface area is 49.1 Å². The number of hydrogen-bond donors (Lipinski definition) is 0. The summed E-state index contributed by atoms with van der Waals surface area (Å²) in [6.07, 6.45) is 1.36. The summed E-state index contributed by atoms with van der Waals surface area (Å²) in [7, 11) is 4.24. The van der Waals surface area contributed by atoms with Crippen molar-refractivity contribution in [2.45, 2.75) is 6.92 Å². The summed E-state index contributed by atoms with van der Waals surface area (Å²) >= 11 is 0. The van der Waals surface area contributed by atoms with Crippen LogP contribution in [0.5, 0.6) is 0 Å². The Morgan fingerprint density at radius 2 is 2.14 bits per heavy atom. The molecule has 0 aliphatic rings. The molecule has 0 fully saturated rings. The van der Waals surface area contributed by atoms with Gasteiger partial charge in [-0.05, 0) is 0 Å². The summed E-state index contributed by atoms with van der Waals surface area (Å²) < 4.78 is 0. The average Bonchev–Trinajstić information content (AvgIpc) is 1.65. The van der Waals surface area contributed by atoms with E-state index >= 15 is 0 Å². The molecule has 0 saturated heterocycles. The van der Waals surface area contributed by atoms with E-state index in [1.807, 2.05) is 0 Å². The fourth-order valence-electron chi connectivity index (χ4n) is 0.270. The van der Waals surface area contributed by atoms with Gasteiger partial charge < -0.3 is 0 Å². The minimum atomic E-state index is -0.148. The molecule has 0 amide bonds. The van der Waals surface area contributed by atoms with Crippen LogP contribution in [0.25, 0.3) is 0 Å². The Morgan fingerprint density at radius 3 is 2.14 bits per heavy atom. The SMILES string of the molecule is B=[PH](C)P(C)CC. The molecule has 0 aliphatic heterocycles. The van der Waals surface area contributed by atoms with Crippen LogP contribution < -0.4 is 0 Å². The third-order valence-corrected chi connectivity index (χ3v) is 8.24. The van der Waals surface area contributed by atoms with Crippen molar-refractivity contribution in [3.8, 4) is 0 Å². The fraction of sp³-hybridized carbons (Fsp3) is 1.00. The van der Waals surface area contributed by atoms with Crippen molar-refractivity contribution < 1.29 is 0 Å². The van der Waals surface area contributed by atoms with Crippen LogP contribution in [0.2, 0.25) is 0 Å². The van der Waals surface area contributed by atoms with Crippen LogP contribution in [0.1, 0.15) is 6.92 Å². The van der Waals surface area contributed by atoms with Gasteiger partial charge in [0.1, 0.15) is 0 Å². The molecular weight excluding hydrogens is 121 g/mol. The van der Waals surface area contributed by atoms with Crippen LogP contribution in [0.4, 0.5) is 0 Å². The average molecular weight is 134 g/mol. The maximum absolute atomic E-state index is 4.04. The van der Waals surface area contributed by atoms with Gasteiger partial charge in [-0.25, -0.2) is 0 Å². The van der Waals surface area contributed by atoms with E-state index in [0.717, 1.165) is 0 Å². The van der Waals surface area contributed by atoms with Gasteiger partial charge in [-0.15, -0.1) is 0 Å². The maximum atomic E-state index is 4.04. The molecule has 0 rings (SSSR count). The van der Waals surface area contributed by atoms with Crippen LogP contribution in [0, 0.1) is 0 Å². The summed E-state index contributed by atoms with van der Waals surface area (Å²) in [4.78, 5) is 0. The first kappa shape index (κ1) is 7.92. The molecular formula is C4H13BP2. The van der Waals surface area contributed by atoms with Gasteiger partial charge in [-0.3, -0.25) is 0 Å². The van der Waals surface area contributed by atoms with Crippen LogP contribution in [-0.2, 0) is 0 Å². The minimum absolute atomic E-state index is 0.148. The van der Waals surface area contributed by atoms with E-state index in [1.165, 1.54) is 6.16 Å². The predicted molar refractivity (Wildman–Crippen MR) is 44.8 cm³/mol. The van der Waals surface area contributed by atoms with E-state index in [1.54, 1.807) is 0 Å². The van der Waals surface area contributed by atoms with Crippen molar-refractivity contribution in [2.75, 3.05) is 19.5 Å². The van der Waals surface area contributed by atoms with Gasteiger partial charge >= 0.3 is 48.3 Å². The molecule has 3 heteroatoms. The molecule has 0 nitrogen and oxygen atoms in total. The first-order valence-electron chi connectivity index (χ1n) is 2.55. The Balaban J connectivity index is 3.34. The summed E-state index contributed by atoms with van der Waals surface area (Å²) in [5.74, 6) is 0. The standard InChI is InChI=1S/C4H13BP2/c1-4-6(2)7(3)5/h5,7H,4H2,1-3H3. The molecule has 0 radical (unpaired) electrons. The van der Waals surface area contributed by atoms with Crippen molar-refractivity contribution in [3.05, 3.63) is 0 Å². The van der Waals surface area contributed by atoms with Crippen molar-refractivity contribution in [2.24, 2.45) is 0 Å². The van der Waals surface area contributed by atoms with Gasteiger partial charge in [-0.1, -0.05) is 0 Å². The van der Waals surface area contributed by atoms with Crippen molar-refractivity contribution in [1.82, 2.24) is 0 Å². The molecule has 0 aliphatic carbocycles. The quantitative estimate of drug-likeness (QED) is 0.398. The second-order valence-electron chi connectivity index (χ2n) is 1.75. The molecule has 0 aromatic rings.